The Morgan fingerprint density at radius 1 is 1.04 bits per heavy atom. The van der Waals surface area contributed by atoms with Gasteiger partial charge >= 0.3 is 5.63 Å². The van der Waals surface area contributed by atoms with E-state index in [1.807, 2.05) is 0 Å². The van der Waals surface area contributed by atoms with E-state index >= 15 is 0 Å². The number of benzene rings is 2. The minimum absolute atomic E-state index is 0.0648. The second-order valence-electron chi connectivity index (χ2n) is 5.10. The van der Waals surface area contributed by atoms with Gasteiger partial charge in [-0.15, -0.1) is 0 Å². The van der Waals surface area contributed by atoms with Crippen molar-refractivity contribution < 1.29 is 17.2 Å². The molecule has 124 valence electrons. The second kappa shape index (κ2) is 6.09. The Labute approximate surface area is 138 Å². The van der Waals surface area contributed by atoms with E-state index in [9.17, 15) is 17.6 Å². The Bertz CT molecular complexity index is 1040. The summed E-state index contributed by atoms with van der Waals surface area (Å²) in [5.74, 6) is -0.437. The number of nitrogens with zero attached hydrogens (tertiary/aromatic N) is 1. The van der Waals surface area contributed by atoms with Crippen LogP contribution in [0.25, 0.3) is 11.0 Å². The monoisotopic (exact) mass is 347 g/mol. The standard InChI is InChI=1S/C17H14FNO4S/c1-2-19(14-6-4-13(18)5-7-14)24(21,22)15-8-9-16-12(11-15)3-10-17(20)23-16/h3-11H,2H2,1H3. The highest BCUT2D eigenvalue weighted by Gasteiger charge is 2.24. The molecule has 0 aliphatic rings. The Morgan fingerprint density at radius 2 is 1.75 bits per heavy atom. The van der Waals surface area contributed by atoms with Gasteiger partial charge in [0.2, 0.25) is 0 Å². The summed E-state index contributed by atoms with van der Waals surface area (Å²) >= 11 is 0. The Morgan fingerprint density at radius 3 is 2.42 bits per heavy atom. The minimum Gasteiger partial charge on any atom is -0.423 e. The predicted molar refractivity (Wildman–Crippen MR) is 89.1 cm³/mol. The molecule has 0 radical (unpaired) electrons. The van der Waals surface area contributed by atoms with Crippen molar-refractivity contribution in [1.29, 1.82) is 0 Å². The van der Waals surface area contributed by atoms with Crippen LogP contribution in [0, 0.1) is 5.82 Å². The molecule has 0 atom stereocenters. The van der Waals surface area contributed by atoms with Gasteiger partial charge in [0, 0.05) is 18.0 Å². The second-order valence-corrected chi connectivity index (χ2v) is 6.96. The number of rotatable bonds is 4. The zero-order chi connectivity index (χ0) is 17.3. The maximum Gasteiger partial charge on any atom is 0.336 e. The fourth-order valence-corrected chi connectivity index (χ4v) is 3.95. The van der Waals surface area contributed by atoms with Crippen LogP contribution in [0.15, 0.2) is 68.7 Å². The summed E-state index contributed by atoms with van der Waals surface area (Å²) in [5, 5.41) is 0.505. The third kappa shape index (κ3) is 2.90. The van der Waals surface area contributed by atoms with E-state index < -0.39 is 21.5 Å². The number of hydrogen-bond donors (Lipinski definition) is 0. The molecule has 2 aromatic carbocycles. The van der Waals surface area contributed by atoms with Crippen molar-refractivity contribution in [1.82, 2.24) is 0 Å². The molecule has 1 aromatic heterocycles. The summed E-state index contributed by atoms with van der Waals surface area (Å²) in [6.45, 7) is 1.89. The van der Waals surface area contributed by atoms with Crippen LogP contribution in [0.2, 0.25) is 0 Å². The van der Waals surface area contributed by atoms with E-state index in [-0.39, 0.29) is 11.4 Å². The summed E-state index contributed by atoms with van der Waals surface area (Å²) < 4.78 is 45.1. The Kier molecular flexibility index (Phi) is 4.11. The van der Waals surface area contributed by atoms with Crippen molar-refractivity contribution in [2.75, 3.05) is 10.8 Å². The van der Waals surface area contributed by atoms with Crippen LogP contribution >= 0.6 is 0 Å². The van der Waals surface area contributed by atoms with Gasteiger partial charge in [-0.1, -0.05) is 0 Å². The molecule has 24 heavy (non-hydrogen) atoms. The maximum atomic E-state index is 13.1. The first-order chi connectivity index (χ1) is 11.4. The van der Waals surface area contributed by atoms with Gasteiger partial charge in [-0.05, 0) is 55.5 Å². The summed E-state index contributed by atoms with van der Waals surface area (Å²) in [6.07, 6.45) is 0. The molecule has 0 unspecified atom stereocenters. The first-order valence-corrected chi connectivity index (χ1v) is 8.68. The largest absolute Gasteiger partial charge is 0.423 e. The molecule has 3 rings (SSSR count). The van der Waals surface area contributed by atoms with Crippen LogP contribution < -0.4 is 9.93 Å². The number of hydrogen-bond acceptors (Lipinski definition) is 4. The molecule has 0 saturated carbocycles. The highest BCUT2D eigenvalue weighted by Crippen LogP contribution is 2.25. The Hall–Kier alpha value is -2.67. The third-order valence-corrected chi connectivity index (χ3v) is 5.48. The fourth-order valence-electron chi connectivity index (χ4n) is 2.44. The first-order valence-electron chi connectivity index (χ1n) is 7.24. The van der Waals surface area contributed by atoms with Crippen LogP contribution in [0.5, 0.6) is 0 Å². The molecule has 0 bridgehead atoms. The zero-order valence-electron chi connectivity index (χ0n) is 12.8. The van der Waals surface area contributed by atoms with E-state index in [4.69, 9.17) is 4.42 Å². The molecule has 3 aromatic rings. The molecule has 0 fully saturated rings. The van der Waals surface area contributed by atoms with Crippen LogP contribution in [0.3, 0.4) is 0 Å². The van der Waals surface area contributed by atoms with Crippen molar-refractivity contribution in [2.24, 2.45) is 0 Å². The van der Waals surface area contributed by atoms with Crippen LogP contribution in [0.1, 0.15) is 6.92 Å². The van der Waals surface area contributed by atoms with Gasteiger partial charge in [-0.2, -0.15) is 0 Å². The highest BCUT2D eigenvalue weighted by molar-refractivity contribution is 7.92. The van der Waals surface area contributed by atoms with E-state index in [1.54, 1.807) is 6.92 Å². The normalized spacial score (nSPS) is 11.6. The van der Waals surface area contributed by atoms with E-state index in [2.05, 4.69) is 0 Å². The summed E-state index contributed by atoms with van der Waals surface area (Å²) in [5.41, 5.74) is 0.185. The molecule has 7 heteroatoms. The lowest BCUT2D eigenvalue weighted by molar-refractivity contribution is 0.560. The molecule has 0 aliphatic carbocycles. The van der Waals surface area contributed by atoms with Crippen molar-refractivity contribution in [3.63, 3.8) is 0 Å². The summed E-state index contributed by atoms with van der Waals surface area (Å²) in [6, 6.07) is 12.3. The maximum absolute atomic E-state index is 13.1. The lowest BCUT2D eigenvalue weighted by atomic mass is 10.2. The van der Waals surface area contributed by atoms with Crippen LogP contribution in [0.4, 0.5) is 10.1 Å². The summed E-state index contributed by atoms with van der Waals surface area (Å²) in [7, 11) is -3.83. The smallest absolute Gasteiger partial charge is 0.336 e. The van der Waals surface area contributed by atoms with Gasteiger partial charge in [-0.3, -0.25) is 4.31 Å². The van der Waals surface area contributed by atoms with Gasteiger partial charge in [-0.25, -0.2) is 17.6 Å². The molecular formula is C17H14FNO4S. The average molecular weight is 347 g/mol. The molecule has 0 spiro atoms. The van der Waals surface area contributed by atoms with E-state index in [0.717, 1.165) is 0 Å². The van der Waals surface area contributed by atoms with E-state index in [1.165, 1.54) is 58.9 Å². The number of anilines is 1. The van der Waals surface area contributed by atoms with Crippen LogP contribution in [-0.4, -0.2) is 15.0 Å². The molecule has 0 aliphatic heterocycles. The van der Waals surface area contributed by atoms with Crippen molar-refractivity contribution in [3.8, 4) is 0 Å². The SMILES string of the molecule is CCN(c1ccc(F)cc1)S(=O)(=O)c1ccc2oc(=O)ccc2c1. The molecule has 0 N–H and O–H groups in total. The predicted octanol–water partition coefficient (Wildman–Crippen LogP) is 3.15. The van der Waals surface area contributed by atoms with Gasteiger partial charge < -0.3 is 4.42 Å². The lowest BCUT2D eigenvalue weighted by Gasteiger charge is -2.23. The van der Waals surface area contributed by atoms with Gasteiger partial charge in [0.25, 0.3) is 10.0 Å². The molecule has 1 heterocycles. The highest BCUT2D eigenvalue weighted by atomic mass is 32.2. The first kappa shape index (κ1) is 16.2. The van der Waals surface area contributed by atoms with E-state index in [0.29, 0.717) is 16.7 Å². The molecule has 0 saturated heterocycles. The zero-order valence-corrected chi connectivity index (χ0v) is 13.6. The van der Waals surface area contributed by atoms with Crippen molar-refractivity contribution in [2.45, 2.75) is 11.8 Å². The van der Waals surface area contributed by atoms with Gasteiger partial charge in [0.15, 0.2) is 0 Å². The van der Waals surface area contributed by atoms with Gasteiger partial charge in [0.1, 0.15) is 11.4 Å². The topological polar surface area (TPSA) is 67.6 Å². The molecular weight excluding hydrogens is 333 g/mol. The molecule has 0 amide bonds. The molecule has 5 nitrogen and oxygen atoms in total. The quantitative estimate of drug-likeness (QED) is 0.680. The number of halogens is 1. The average Bonchev–Trinajstić information content (AvgIpc) is 2.56. The Balaban J connectivity index is 2.09. The van der Waals surface area contributed by atoms with Gasteiger partial charge in [0.05, 0.1) is 10.6 Å². The fraction of sp³-hybridized carbons (Fsp3) is 0.118. The number of fused-ring (bicyclic) bond motifs is 1. The lowest BCUT2D eigenvalue weighted by Crippen LogP contribution is -2.30. The van der Waals surface area contributed by atoms with Crippen molar-refractivity contribution >= 4 is 26.7 Å². The summed E-state index contributed by atoms with van der Waals surface area (Å²) in [4.78, 5) is 11.3. The number of sulfonamides is 1. The third-order valence-electron chi connectivity index (χ3n) is 3.58. The minimum atomic E-state index is -3.83. The van der Waals surface area contributed by atoms with Crippen LogP contribution in [-0.2, 0) is 10.0 Å². The van der Waals surface area contributed by atoms with Crippen molar-refractivity contribution in [3.05, 3.63) is 70.8 Å².